The monoisotopic (exact) mass is 552 g/mol. The SMILES string of the molecule is O=NC(=O)c1ccc2c(C3CCCCC3)c3n(c2c1)CCN(CCN1CCCCC1)c1cc(C(F)(F)F)ccc1-3. The molecule has 0 unspecified atom stereocenters. The number of piperidine rings is 1. The van der Waals surface area contributed by atoms with Gasteiger partial charge in [-0.25, -0.2) is 0 Å². The Bertz CT molecular complexity index is 1420. The summed E-state index contributed by atoms with van der Waals surface area (Å²) in [6, 6.07) is 9.46. The Morgan fingerprint density at radius 1 is 0.875 bits per heavy atom. The number of carbonyl (C=O) groups excluding carboxylic acids is 1. The van der Waals surface area contributed by atoms with Gasteiger partial charge in [0.15, 0.2) is 0 Å². The maximum Gasteiger partial charge on any atom is 0.416 e. The van der Waals surface area contributed by atoms with Crippen LogP contribution in [0.1, 0.15) is 78.8 Å². The van der Waals surface area contributed by atoms with Gasteiger partial charge in [-0.2, -0.15) is 13.2 Å². The molecule has 1 saturated carbocycles. The van der Waals surface area contributed by atoms with E-state index in [0.717, 1.165) is 85.9 Å². The molecule has 6 rings (SSSR count). The molecule has 1 aromatic heterocycles. The molecule has 3 aliphatic rings. The van der Waals surface area contributed by atoms with Crippen LogP contribution in [0, 0.1) is 4.91 Å². The molecule has 212 valence electrons. The van der Waals surface area contributed by atoms with E-state index in [1.807, 2.05) is 6.07 Å². The molecule has 1 amide bonds. The Kier molecular flexibility index (Phi) is 7.42. The zero-order valence-electron chi connectivity index (χ0n) is 22.7. The second kappa shape index (κ2) is 11.0. The van der Waals surface area contributed by atoms with Crippen LogP contribution in [0.4, 0.5) is 18.9 Å². The first kappa shape index (κ1) is 27.0. The number of benzene rings is 2. The molecule has 6 nitrogen and oxygen atoms in total. The van der Waals surface area contributed by atoms with Crippen molar-refractivity contribution in [3.05, 3.63) is 58.0 Å². The first-order valence-corrected chi connectivity index (χ1v) is 14.6. The van der Waals surface area contributed by atoms with Crippen molar-refractivity contribution < 1.29 is 18.0 Å². The summed E-state index contributed by atoms with van der Waals surface area (Å²) in [6.07, 6.45) is 4.58. The molecular weight excluding hydrogens is 517 g/mol. The van der Waals surface area contributed by atoms with Gasteiger partial charge in [0.1, 0.15) is 0 Å². The van der Waals surface area contributed by atoms with Crippen LogP contribution in [0.5, 0.6) is 0 Å². The van der Waals surface area contributed by atoms with Crippen LogP contribution >= 0.6 is 0 Å². The maximum absolute atomic E-state index is 14.0. The number of nitroso groups, excluding NO2 is 1. The average molecular weight is 553 g/mol. The summed E-state index contributed by atoms with van der Waals surface area (Å²) in [7, 11) is 0. The number of carbonyl (C=O) groups is 1. The van der Waals surface area contributed by atoms with Crippen LogP contribution in [0.15, 0.2) is 41.6 Å². The third kappa shape index (κ3) is 5.04. The molecule has 0 atom stereocenters. The van der Waals surface area contributed by atoms with Crippen LogP contribution in [0.3, 0.4) is 0 Å². The molecule has 2 aromatic carbocycles. The van der Waals surface area contributed by atoms with E-state index in [0.29, 0.717) is 25.3 Å². The van der Waals surface area contributed by atoms with Crippen molar-refractivity contribution in [2.24, 2.45) is 5.18 Å². The number of aromatic nitrogens is 1. The molecule has 0 spiro atoms. The van der Waals surface area contributed by atoms with E-state index in [1.165, 1.54) is 25.0 Å². The van der Waals surface area contributed by atoms with Crippen molar-refractivity contribution in [2.75, 3.05) is 37.6 Å². The number of likely N-dealkylation sites (tertiary alicyclic amines) is 1. The Balaban J connectivity index is 1.52. The fraction of sp³-hybridized carbons (Fsp3) is 0.516. The Morgan fingerprint density at radius 2 is 1.62 bits per heavy atom. The van der Waals surface area contributed by atoms with Crippen LogP contribution in [-0.4, -0.2) is 48.1 Å². The van der Waals surface area contributed by atoms with E-state index in [-0.39, 0.29) is 11.5 Å². The molecular formula is C31H35F3N4O2. The molecule has 1 saturated heterocycles. The summed E-state index contributed by atoms with van der Waals surface area (Å²) in [6.45, 7) is 4.63. The minimum absolute atomic E-state index is 0.233. The summed E-state index contributed by atoms with van der Waals surface area (Å²) < 4.78 is 44.0. The van der Waals surface area contributed by atoms with Gasteiger partial charge in [0.2, 0.25) is 0 Å². The smallest absolute Gasteiger partial charge is 0.368 e. The highest BCUT2D eigenvalue weighted by atomic mass is 19.4. The van der Waals surface area contributed by atoms with Gasteiger partial charge in [-0.3, -0.25) is 4.79 Å². The lowest BCUT2D eigenvalue weighted by atomic mass is 9.81. The lowest BCUT2D eigenvalue weighted by Gasteiger charge is -2.31. The topological polar surface area (TPSA) is 57.9 Å². The van der Waals surface area contributed by atoms with Gasteiger partial charge in [0.05, 0.1) is 11.3 Å². The van der Waals surface area contributed by atoms with E-state index >= 15 is 0 Å². The zero-order chi connectivity index (χ0) is 27.9. The summed E-state index contributed by atoms with van der Waals surface area (Å²) in [5.74, 6) is -0.531. The average Bonchev–Trinajstić information content (AvgIpc) is 3.21. The third-order valence-corrected chi connectivity index (χ3v) is 9.10. The zero-order valence-corrected chi connectivity index (χ0v) is 22.7. The van der Waals surface area contributed by atoms with Crippen LogP contribution < -0.4 is 4.90 Å². The third-order valence-electron chi connectivity index (χ3n) is 9.10. The number of nitrogens with zero attached hydrogens (tertiary/aromatic N) is 4. The van der Waals surface area contributed by atoms with E-state index in [2.05, 4.69) is 19.5 Å². The van der Waals surface area contributed by atoms with Crippen LogP contribution in [-0.2, 0) is 12.7 Å². The number of hydrogen-bond acceptors (Lipinski definition) is 4. The fourth-order valence-electron chi connectivity index (χ4n) is 7.08. The van der Waals surface area contributed by atoms with Gasteiger partial charge in [-0.1, -0.05) is 37.8 Å². The van der Waals surface area contributed by atoms with Gasteiger partial charge < -0.3 is 14.4 Å². The molecule has 40 heavy (non-hydrogen) atoms. The van der Waals surface area contributed by atoms with Gasteiger partial charge in [0, 0.05) is 59.1 Å². The largest absolute Gasteiger partial charge is 0.416 e. The van der Waals surface area contributed by atoms with Crippen LogP contribution in [0.2, 0.25) is 0 Å². The standard InChI is InChI=1S/C31H35F3N4O2/c32-31(33,34)23-10-12-25-26(20-23)37(16-15-36-13-5-2-6-14-36)17-18-38-27-19-22(30(39)35-40)9-11-24(27)28(29(25)38)21-7-3-1-4-8-21/h9-12,19-21H,1-8,13-18H2. The van der Waals surface area contributed by atoms with E-state index in [1.54, 1.807) is 18.2 Å². The molecule has 3 heterocycles. The predicted octanol–water partition coefficient (Wildman–Crippen LogP) is 7.59. The van der Waals surface area contributed by atoms with Crippen molar-refractivity contribution in [2.45, 2.75) is 70.0 Å². The first-order chi connectivity index (χ1) is 19.3. The lowest BCUT2D eigenvalue weighted by molar-refractivity contribution is -0.137. The highest BCUT2D eigenvalue weighted by Gasteiger charge is 2.35. The minimum atomic E-state index is -4.43. The quantitative estimate of drug-likeness (QED) is 0.306. The molecule has 0 bridgehead atoms. The van der Waals surface area contributed by atoms with Gasteiger partial charge in [0.25, 0.3) is 0 Å². The van der Waals surface area contributed by atoms with E-state index in [4.69, 9.17) is 0 Å². The highest BCUT2D eigenvalue weighted by molar-refractivity contribution is 6.02. The normalized spacial score (nSPS) is 18.8. The summed E-state index contributed by atoms with van der Waals surface area (Å²) in [4.78, 5) is 27.8. The molecule has 2 aliphatic heterocycles. The summed E-state index contributed by atoms with van der Waals surface area (Å²) >= 11 is 0. The number of rotatable bonds is 5. The second-order valence-corrected chi connectivity index (χ2v) is 11.5. The van der Waals surface area contributed by atoms with Gasteiger partial charge >= 0.3 is 12.1 Å². The van der Waals surface area contributed by atoms with Crippen molar-refractivity contribution in [1.82, 2.24) is 9.47 Å². The molecule has 1 aliphatic carbocycles. The van der Waals surface area contributed by atoms with Gasteiger partial charge in [-0.05, 0) is 74.5 Å². The number of amides is 1. The number of fused-ring (bicyclic) bond motifs is 5. The Labute approximate surface area is 232 Å². The van der Waals surface area contributed by atoms with Crippen molar-refractivity contribution in [3.8, 4) is 11.3 Å². The molecule has 2 fully saturated rings. The number of anilines is 1. The predicted molar refractivity (Wildman–Crippen MR) is 151 cm³/mol. The number of alkyl halides is 3. The summed E-state index contributed by atoms with van der Waals surface area (Å²) in [5, 5.41) is 3.64. The maximum atomic E-state index is 14.0. The summed E-state index contributed by atoms with van der Waals surface area (Å²) in [5.41, 5.74) is 3.98. The fourth-order valence-corrected chi connectivity index (χ4v) is 7.08. The molecule has 0 N–H and O–H groups in total. The first-order valence-electron chi connectivity index (χ1n) is 14.6. The van der Waals surface area contributed by atoms with Crippen LogP contribution in [0.25, 0.3) is 22.2 Å². The minimum Gasteiger partial charge on any atom is -0.368 e. The molecule has 3 aromatic rings. The lowest BCUT2D eigenvalue weighted by Crippen LogP contribution is -2.38. The Hall–Kier alpha value is -3.20. The molecule has 0 radical (unpaired) electrons. The van der Waals surface area contributed by atoms with E-state index < -0.39 is 17.6 Å². The number of halogens is 3. The second-order valence-electron chi connectivity index (χ2n) is 11.5. The molecule has 9 heteroatoms. The van der Waals surface area contributed by atoms with E-state index in [9.17, 15) is 22.9 Å². The van der Waals surface area contributed by atoms with Crippen molar-refractivity contribution in [1.29, 1.82) is 0 Å². The van der Waals surface area contributed by atoms with Gasteiger partial charge in [-0.15, -0.1) is 4.91 Å². The van der Waals surface area contributed by atoms with Crippen molar-refractivity contribution >= 4 is 22.5 Å². The Morgan fingerprint density at radius 3 is 2.35 bits per heavy atom. The highest BCUT2D eigenvalue weighted by Crippen LogP contribution is 2.48. The van der Waals surface area contributed by atoms with Crippen molar-refractivity contribution in [3.63, 3.8) is 0 Å². The number of hydrogen-bond donors (Lipinski definition) is 0.